The van der Waals surface area contributed by atoms with Crippen LogP contribution in [0.4, 0.5) is 23.0 Å². The number of aliphatic hydroxyl groups is 2. The molecular weight excluding hydrogens is 524 g/mol. The summed E-state index contributed by atoms with van der Waals surface area (Å²) in [5, 5.41) is 30.7. The van der Waals surface area contributed by atoms with Crippen molar-refractivity contribution in [3.05, 3.63) is 66.2 Å². The smallest absolute Gasteiger partial charge is 0.184 e. The molecule has 12 nitrogen and oxygen atoms in total. The molecule has 1 aliphatic rings. The molecule has 5 rings (SSSR count). The number of anilines is 4. The van der Waals surface area contributed by atoms with Crippen molar-refractivity contribution in [2.24, 2.45) is 7.05 Å². The highest BCUT2D eigenvalue weighted by molar-refractivity contribution is 6.02. The van der Waals surface area contributed by atoms with Crippen molar-refractivity contribution >= 4 is 28.8 Å². The van der Waals surface area contributed by atoms with Gasteiger partial charge in [-0.25, -0.2) is 15.0 Å². The van der Waals surface area contributed by atoms with Crippen LogP contribution >= 0.6 is 0 Å². The molecule has 12 heteroatoms. The molecule has 1 aliphatic heterocycles. The van der Waals surface area contributed by atoms with Gasteiger partial charge >= 0.3 is 0 Å². The Morgan fingerprint density at radius 3 is 2.44 bits per heavy atom. The lowest BCUT2D eigenvalue weighted by molar-refractivity contribution is 0.0572. The van der Waals surface area contributed by atoms with Crippen LogP contribution in [0.2, 0.25) is 0 Å². The maximum atomic E-state index is 12.8. The second-order valence-corrected chi connectivity index (χ2v) is 10.0. The summed E-state index contributed by atoms with van der Waals surface area (Å²) in [7, 11) is 3.38. The van der Waals surface area contributed by atoms with Gasteiger partial charge in [-0.15, -0.1) is 0 Å². The molecule has 4 N–H and O–H groups in total. The van der Waals surface area contributed by atoms with Gasteiger partial charge in [0.1, 0.15) is 18.0 Å². The predicted octanol–water partition coefficient (Wildman–Crippen LogP) is 3.46. The van der Waals surface area contributed by atoms with Gasteiger partial charge in [0.2, 0.25) is 0 Å². The number of ketones is 1. The molecule has 0 saturated carbocycles. The van der Waals surface area contributed by atoms with E-state index in [1.165, 1.54) is 0 Å². The number of Topliss-reactive ketones (excluding diaryl/α,β-unsaturated/α-hetero) is 1. The number of hydrogen-bond donors (Lipinski definition) is 4. The number of aryl methyl sites for hydroxylation is 1. The molecule has 4 aromatic rings. The van der Waals surface area contributed by atoms with E-state index in [1.54, 1.807) is 43.6 Å². The van der Waals surface area contributed by atoms with Crippen molar-refractivity contribution in [2.75, 3.05) is 30.8 Å². The van der Waals surface area contributed by atoms with Gasteiger partial charge in [-0.3, -0.25) is 14.4 Å². The van der Waals surface area contributed by atoms with E-state index in [2.05, 4.69) is 30.7 Å². The number of aliphatic hydroxyl groups excluding tert-OH is 2. The number of nitrogens with zero attached hydrogens (tertiary/aromatic N) is 6. The van der Waals surface area contributed by atoms with E-state index in [-0.39, 0.29) is 11.8 Å². The topological polar surface area (TPSA) is 151 Å². The Balaban J connectivity index is 1.39. The Bertz CT molecular complexity index is 1510. The lowest BCUT2D eigenvalue weighted by Crippen LogP contribution is -2.25. The van der Waals surface area contributed by atoms with Gasteiger partial charge in [0.05, 0.1) is 41.8 Å². The van der Waals surface area contributed by atoms with Gasteiger partial charge in [-0.2, -0.15) is 5.10 Å². The van der Waals surface area contributed by atoms with Crippen molar-refractivity contribution in [3.8, 4) is 17.1 Å². The monoisotopic (exact) mass is 558 g/mol. The number of rotatable bonds is 10. The first-order valence-electron chi connectivity index (χ1n) is 13.4. The first-order valence-corrected chi connectivity index (χ1v) is 13.4. The number of carbonyl (C=O) groups is 1. The normalized spacial score (nSPS) is 17.8. The zero-order valence-corrected chi connectivity index (χ0v) is 23.4. The summed E-state index contributed by atoms with van der Waals surface area (Å²) in [4.78, 5) is 28.2. The highest BCUT2D eigenvalue weighted by atomic mass is 16.5. The van der Waals surface area contributed by atoms with Crippen molar-refractivity contribution in [2.45, 2.75) is 38.5 Å². The Morgan fingerprint density at radius 2 is 1.80 bits per heavy atom. The van der Waals surface area contributed by atoms with E-state index >= 15 is 0 Å². The molecule has 0 spiro atoms. The molecule has 0 unspecified atom stereocenters. The predicted molar refractivity (Wildman–Crippen MR) is 155 cm³/mol. The average molecular weight is 559 g/mol. The standard InChI is InChI=1S/C29H34N8O4/c1-5-23(38)20-13-31-27(34-26-10-9-18(12-30-26)17(2)37-14-24(39)25(40)15-37)11-22(20)33-21-8-6-7-19(28(21)41-4)29-32-16-36(3)35-29/h6-13,16-17,24-25,39-40H,5,14-15H2,1-4H3,(H2,30,31,33,34)/t17-,24+,25+/m0/s1. The highest BCUT2D eigenvalue weighted by Gasteiger charge is 2.32. The maximum Gasteiger partial charge on any atom is 0.184 e. The van der Waals surface area contributed by atoms with Crippen molar-refractivity contribution in [1.82, 2.24) is 29.6 Å². The first-order chi connectivity index (χ1) is 19.8. The lowest BCUT2D eigenvalue weighted by atomic mass is 10.1. The molecule has 1 aromatic carbocycles. The zero-order valence-electron chi connectivity index (χ0n) is 23.4. The molecule has 1 saturated heterocycles. The molecule has 41 heavy (non-hydrogen) atoms. The van der Waals surface area contributed by atoms with Crippen LogP contribution in [0.5, 0.6) is 5.75 Å². The molecule has 214 valence electrons. The number of pyridine rings is 2. The van der Waals surface area contributed by atoms with Crippen LogP contribution in [-0.4, -0.2) is 78.0 Å². The number of hydrogen-bond acceptors (Lipinski definition) is 11. The molecule has 0 radical (unpaired) electrons. The number of nitrogens with one attached hydrogen (secondary N) is 2. The average Bonchev–Trinajstić information content (AvgIpc) is 3.57. The maximum absolute atomic E-state index is 12.8. The molecule has 4 heterocycles. The third kappa shape index (κ3) is 6.04. The van der Waals surface area contributed by atoms with Crippen LogP contribution in [0.3, 0.4) is 0 Å². The highest BCUT2D eigenvalue weighted by Crippen LogP contribution is 2.37. The summed E-state index contributed by atoms with van der Waals surface area (Å²) >= 11 is 0. The Hall–Kier alpha value is -4.39. The summed E-state index contributed by atoms with van der Waals surface area (Å²) in [5.41, 5.74) is 3.34. The first kappa shape index (κ1) is 28.1. The summed E-state index contributed by atoms with van der Waals surface area (Å²) in [6.07, 6.45) is 3.78. The van der Waals surface area contributed by atoms with E-state index in [9.17, 15) is 15.0 Å². The van der Waals surface area contributed by atoms with Gasteiger partial charge in [0.15, 0.2) is 17.4 Å². The second-order valence-electron chi connectivity index (χ2n) is 10.0. The van der Waals surface area contributed by atoms with E-state index < -0.39 is 12.2 Å². The number of methoxy groups -OCH3 is 1. The fraction of sp³-hybridized carbons (Fsp3) is 0.345. The summed E-state index contributed by atoms with van der Waals surface area (Å²) < 4.78 is 7.36. The number of aromatic nitrogens is 5. The third-order valence-electron chi connectivity index (χ3n) is 7.21. The molecule has 0 aliphatic carbocycles. The number of likely N-dealkylation sites (tertiary alicyclic amines) is 1. The van der Waals surface area contributed by atoms with Gasteiger partial charge in [0.25, 0.3) is 0 Å². The van der Waals surface area contributed by atoms with Crippen LogP contribution in [0.25, 0.3) is 11.4 Å². The number of para-hydroxylation sites is 1. The van der Waals surface area contributed by atoms with Gasteiger partial charge in [-0.05, 0) is 30.7 Å². The molecule has 1 fully saturated rings. The SMILES string of the molecule is CCC(=O)c1cnc(Nc2ccc([C@H](C)N3C[C@@H](O)[C@H](O)C3)cn2)cc1Nc1cccc(-c2ncn(C)n2)c1OC. The van der Waals surface area contributed by atoms with Crippen molar-refractivity contribution in [1.29, 1.82) is 0 Å². The van der Waals surface area contributed by atoms with Crippen LogP contribution in [0.1, 0.15) is 42.2 Å². The molecule has 0 amide bonds. The zero-order chi connectivity index (χ0) is 29.1. The van der Waals surface area contributed by atoms with Crippen molar-refractivity contribution < 1.29 is 19.7 Å². The van der Waals surface area contributed by atoms with Gasteiger partial charge in [0, 0.05) is 51.1 Å². The van der Waals surface area contributed by atoms with Crippen LogP contribution in [0.15, 0.2) is 55.1 Å². The lowest BCUT2D eigenvalue weighted by Gasteiger charge is -2.24. The number of benzene rings is 1. The van der Waals surface area contributed by atoms with Gasteiger partial charge in [-0.1, -0.05) is 19.1 Å². The summed E-state index contributed by atoms with van der Waals surface area (Å²) in [5.74, 6) is 2.10. The second kappa shape index (κ2) is 12.0. The van der Waals surface area contributed by atoms with Crippen LogP contribution < -0.4 is 15.4 Å². The van der Waals surface area contributed by atoms with E-state index in [4.69, 9.17) is 4.74 Å². The minimum Gasteiger partial charge on any atom is -0.494 e. The Morgan fingerprint density at radius 1 is 1.05 bits per heavy atom. The molecule has 3 aromatic heterocycles. The molecular formula is C29H34N8O4. The fourth-order valence-corrected chi connectivity index (χ4v) is 4.86. The Labute approximate surface area is 238 Å². The number of β-amino-alcohol motifs (C(OH)–C–C–N with tert-alkyl or cyclic N) is 2. The summed E-state index contributed by atoms with van der Waals surface area (Å²) in [6, 6.07) is 11.2. The van der Waals surface area contributed by atoms with Crippen LogP contribution in [-0.2, 0) is 7.05 Å². The Kier molecular flexibility index (Phi) is 8.24. The van der Waals surface area contributed by atoms with Gasteiger partial charge < -0.3 is 25.6 Å². The summed E-state index contributed by atoms with van der Waals surface area (Å²) in [6.45, 7) is 4.65. The van der Waals surface area contributed by atoms with E-state index in [1.807, 2.05) is 49.1 Å². The fourth-order valence-electron chi connectivity index (χ4n) is 4.86. The van der Waals surface area contributed by atoms with Crippen LogP contribution in [0, 0.1) is 0 Å². The number of ether oxygens (including phenoxy) is 1. The van der Waals surface area contributed by atoms with E-state index in [0.717, 1.165) is 5.56 Å². The largest absolute Gasteiger partial charge is 0.494 e. The minimum atomic E-state index is -0.739. The molecule has 0 bridgehead atoms. The number of carbonyl (C=O) groups excluding carboxylic acids is 1. The van der Waals surface area contributed by atoms with E-state index in [0.29, 0.717) is 65.2 Å². The van der Waals surface area contributed by atoms with Crippen molar-refractivity contribution in [3.63, 3.8) is 0 Å². The molecule has 3 atom stereocenters. The third-order valence-corrected chi connectivity index (χ3v) is 7.21. The minimum absolute atomic E-state index is 0.0105. The quantitative estimate of drug-likeness (QED) is 0.212.